The van der Waals surface area contributed by atoms with Crippen LogP contribution in [0.15, 0.2) is 47.4 Å². The highest BCUT2D eigenvalue weighted by atomic mass is 32.2. The van der Waals surface area contributed by atoms with Gasteiger partial charge in [-0.2, -0.15) is 4.72 Å². The molecule has 38 heavy (non-hydrogen) atoms. The second kappa shape index (κ2) is 11.7. The minimum absolute atomic E-state index is 0.0212. The van der Waals surface area contributed by atoms with Gasteiger partial charge in [0.2, 0.25) is 10.0 Å². The number of anilines is 1. The van der Waals surface area contributed by atoms with Gasteiger partial charge in [0.15, 0.2) is 0 Å². The predicted molar refractivity (Wildman–Crippen MR) is 144 cm³/mol. The molecular formula is C27H37N5O5S. The van der Waals surface area contributed by atoms with Crippen LogP contribution in [-0.2, 0) is 26.0 Å². The van der Waals surface area contributed by atoms with Crippen LogP contribution in [0.5, 0.6) is 0 Å². The Morgan fingerprint density at radius 2 is 1.84 bits per heavy atom. The Kier molecular flexibility index (Phi) is 8.57. The van der Waals surface area contributed by atoms with Gasteiger partial charge in [0.1, 0.15) is 17.5 Å². The van der Waals surface area contributed by atoms with Crippen molar-refractivity contribution in [2.24, 2.45) is 0 Å². The van der Waals surface area contributed by atoms with Crippen LogP contribution >= 0.6 is 0 Å². The molecule has 1 aromatic heterocycles. The maximum absolute atomic E-state index is 12.9. The van der Waals surface area contributed by atoms with Crippen molar-refractivity contribution in [1.29, 1.82) is 0 Å². The molecule has 2 aliphatic rings. The summed E-state index contributed by atoms with van der Waals surface area (Å²) in [7, 11) is -4.01. The third-order valence-corrected chi connectivity index (χ3v) is 8.10. The first-order valence-electron chi connectivity index (χ1n) is 13.1. The standard InChI is InChI=1S/C27H37N5O5S/c1-27(2,3)37-25(33)23(31-38(35,36)21-9-5-4-6-10-21)18-29-26(34)32-16-13-19(14-17-32)22-12-11-20-8-7-15-28-24(20)30-22/h4-6,9-12,19,23,31H,7-8,13-18H2,1-3H3,(H,28,30)(H,29,34)/t23-/m0/s1. The number of nitrogens with zero attached hydrogens (tertiary/aromatic N) is 2. The smallest absolute Gasteiger partial charge is 0.326 e. The Balaban J connectivity index is 1.35. The maximum atomic E-state index is 12.9. The summed E-state index contributed by atoms with van der Waals surface area (Å²) in [6, 6.07) is 10.4. The summed E-state index contributed by atoms with van der Waals surface area (Å²) in [6.07, 6.45) is 3.70. The van der Waals surface area contributed by atoms with E-state index in [2.05, 4.69) is 27.5 Å². The lowest BCUT2D eigenvalue weighted by atomic mass is 9.92. The van der Waals surface area contributed by atoms with E-state index in [-0.39, 0.29) is 23.4 Å². The second-order valence-corrected chi connectivity index (χ2v) is 12.5. The number of amides is 2. The van der Waals surface area contributed by atoms with E-state index in [1.165, 1.54) is 17.7 Å². The van der Waals surface area contributed by atoms with Crippen LogP contribution < -0.4 is 15.4 Å². The van der Waals surface area contributed by atoms with Crippen molar-refractivity contribution >= 4 is 27.8 Å². The lowest BCUT2D eigenvalue weighted by Crippen LogP contribution is -2.53. The van der Waals surface area contributed by atoms with Gasteiger partial charge in [-0.05, 0) is 70.2 Å². The summed E-state index contributed by atoms with van der Waals surface area (Å²) in [5.41, 5.74) is 1.47. The quantitative estimate of drug-likeness (QED) is 0.458. The summed E-state index contributed by atoms with van der Waals surface area (Å²) >= 11 is 0. The van der Waals surface area contributed by atoms with Crippen LogP contribution in [-0.4, -0.2) is 68.1 Å². The fraction of sp³-hybridized carbons (Fsp3) is 0.519. The molecule has 1 aromatic carbocycles. The predicted octanol–water partition coefficient (Wildman–Crippen LogP) is 3.02. The molecule has 0 bridgehead atoms. The average Bonchev–Trinajstić information content (AvgIpc) is 2.90. The molecule has 2 aromatic rings. The molecule has 1 fully saturated rings. The number of likely N-dealkylation sites (tertiary alicyclic amines) is 1. The summed E-state index contributed by atoms with van der Waals surface area (Å²) in [5, 5.41) is 6.10. The number of sulfonamides is 1. The van der Waals surface area contributed by atoms with Crippen LogP contribution in [0.3, 0.4) is 0 Å². The summed E-state index contributed by atoms with van der Waals surface area (Å²) in [6.45, 7) is 6.87. The van der Waals surface area contributed by atoms with E-state index in [1.54, 1.807) is 43.9 Å². The maximum Gasteiger partial charge on any atom is 0.326 e. The van der Waals surface area contributed by atoms with Crippen molar-refractivity contribution in [1.82, 2.24) is 19.9 Å². The van der Waals surface area contributed by atoms with Gasteiger partial charge in [-0.3, -0.25) is 4.79 Å². The molecule has 0 radical (unpaired) electrons. The zero-order valence-electron chi connectivity index (χ0n) is 22.2. The van der Waals surface area contributed by atoms with Crippen molar-refractivity contribution < 1.29 is 22.7 Å². The Hall–Kier alpha value is -3.18. The average molecular weight is 544 g/mol. The zero-order chi connectivity index (χ0) is 27.3. The summed E-state index contributed by atoms with van der Waals surface area (Å²) in [4.78, 5) is 32.3. The summed E-state index contributed by atoms with van der Waals surface area (Å²) in [5.74, 6) is 0.475. The van der Waals surface area contributed by atoms with E-state index in [4.69, 9.17) is 9.72 Å². The molecule has 1 saturated heterocycles. The number of esters is 1. The number of rotatable bonds is 7. The number of ether oxygens (including phenoxy) is 1. The molecule has 0 aliphatic carbocycles. The molecule has 2 amide bonds. The van der Waals surface area contributed by atoms with Crippen LogP contribution in [0.2, 0.25) is 0 Å². The molecule has 3 heterocycles. The van der Waals surface area contributed by atoms with E-state index in [9.17, 15) is 18.0 Å². The molecule has 206 valence electrons. The molecule has 11 heteroatoms. The highest BCUT2D eigenvalue weighted by Crippen LogP contribution is 2.30. The molecule has 0 saturated carbocycles. The number of pyridine rings is 1. The van der Waals surface area contributed by atoms with Gasteiger partial charge in [-0.15, -0.1) is 0 Å². The van der Waals surface area contributed by atoms with Crippen molar-refractivity contribution in [3.05, 3.63) is 53.7 Å². The number of carbonyl (C=O) groups is 2. The number of nitrogens with one attached hydrogen (secondary N) is 3. The largest absolute Gasteiger partial charge is 0.459 e. The molecule has 3 N–H and O–H groups in total. The Bertz CT molecular complexity index is 1240. The van der Waals surface area contributed by atoms with E-state index in [1.807, 2.05) is 0 Å². The van der Waals surface area contributed by atoms with Gasteiger partial charge >= 0.3 is 12.0 Å². The second-order valence-electron chi connectivity index (χ2n) is 10.7. The highest BCUT2D eigenvalue weighted by molar-refractivity contribution is 7.89. The van der Waals surface area contributed by atoms with Gasteiger partial charge in [-0.25, -0.2) is 18.2 Å². The summed E-state index contributed by atoms with van der Waals surface area (Å²) < 4.78 is 33.5. The Morgan fingerprint density at radius 3 is 2.53 bits per heavy atom. The third kappa shape index (κ3) is 7.22. The first-order valence-corrected chi connectivity index (χ1v) is 14.6. The van der Waals surface area contributed by atoms with Crippen molar-refractivity contribution in [2.75, 3.05) is 31.5 Å². The van der Waals surface area contributed by atoms with Gasteiger partial charge in [-0.1, -0.05) is 24.3 Å². The number of fused-ring (bicyclic) bond motifs is 1. The van der Waals surface area contributed by atoms with E-state index >= 15 is 0 Å². The first kappa shape index (κ1) is 27.8. The van der Waals surface area contributed by atoms with E-state index in [0.717, 1.165) is 43.7 Å². The van der Waals surface area contributed by atoms with Crippen LogP contribution in [0, 0.1) is 0 Å². The van der Waals surface area contributed by atoms with Gasteiger partial charge in [0.05, 0.1) is 4.90 Å². The number of carbonyl (C=O) groups excluding carboxylic acids is 2. The van der Waals surface area contributed by atoms with Crippen LogP contribution in [0.1, 0.15) is 57.2 Å². The lowest BCUT2D eigenvalue weighted by molar-refractivity contribution is -0.156. The number of hydrogen-bond acceptors (Lipinski definition) is 7. The number of urea groups is 1. The highest BCUT2D eigenvalue weighted by Gasteiger charge is 2.32. The first-order chi connectivity index (χ1) is 18.0. The number of hydrogen-bond donors (Lipinski definition) is 3. The normalized spacial score (nSPS) is 17.2. The number of piperidine rings is 1. The minimum Gasteiger partial charge on any atom is -0.459 e. The monoisotopic (exact) mass is 543 g/mol. The minimum atomic E-state index is -4.01. The van der Waals surface area contributed by atoms with Gasteiger partial charge < -0.3 is 20.3 Å². The topological polar surface area (TPSA) is 130 Å². The Labute approximate surface area is 224 Å². The van der Waals surface area contributed by atoms with Crippen molar-refractivity contribution in [2.45, 2.75) is 68.9 Å². The molecule has 10 nitrogen and oxygen atoms in total. The lowest BCUT2D eigenvalue weighted by Gasteiger charge is -2.32. The third-order valence-electron chi connectivity index (χ3n) is 6.62. The fourth-order valence-corrected chi connectivity index (χ4v) is 5.86. The zero-order valence-corrected chi connectivity index (χ0v) is 23.0. The van der Waals surface area contributed by atoms with E-state index < -0.39 is 27.6 Å². The SMILES string of the molecule is CC(C)(C)OC(=O)[C@H](CNC(=O)N1CCC(c2ccc3c(n2)NCCC3)CC1)NS(=O)(=O)c1ccccc1. The van der Waals surface area contributed by atoms with Gasteiger partial charge in [0.25, 0.3) is 0 Å². The van der Waals surface area contributed by atoms with Crippen molar-refractivity contribution in [3.8, 4) is 0 Å². The Morgan fingerprint density at radius 1 is 1.13 bits per heavy atom. The molecule has 2 aliphatic heterocycles. The van der Waals surface area contributed by atoms with Crippen LogP contribution in [0.25, 0.3) is 0 Å². The molecular weight excluding hydrogens is 506 g/mol. The molecule has 1 atom stereocenters. The van der Waals surface area contributed by atoms with Gasteiger partial charge in [0, 0.05) is 37.8 Å². The van der Waals surface area contributed by atoms with E-state index in [0.29, 0.717) is 13.1 Å². The van der Waals surface area contributed by atoms with Crippen LogP contribution in [0.4, 0.5) is 10.6 Å². The number of aromatic nitrogens is 1. The molecule has 4 rings (SSSR count). The number of aryl methyl sites for hydroxylation is 1. The molecule has 0 spiro atoms. The molecule has 0 unspecified atom stereocenters. The fourth-order valence-electron chi connectivity index (χ4n) is 4.65. The van der Waals surface area contributed by atoms with Crippen molar-refractivity contribution in [3.63, 3.8) is 0 Å². The number of benzene rings is 1.